The fraction of sp³-hybridized carbons (Fsp3) is 0.333. The monoisotopic (exact) mass is 450 g/mol. The number of carbonyl (C=O) groups is 2. The lowest BCUT2D eigenvalue weighted by atomic mass is 10.00. The van der Waals surface area contributed by atoms with Gasteiger partial charge < -0.3 is 10.1 Å². The lowest BCUT2D eigenvalue weighted by Gasteiger charge is -2.27. The van der Waals surface area contributed by atoms with E-state index in [2.05, 4.69) is 12.2 Å². The molecule has 2 amide bonds. The van der Waals surface area contributed by atoms with Gasteiger partial charge >= 0.3 is 0 Å². The SMILES string of the molecule is CC[C@H](C)[C@@H]1N=C2c3ccccc3N=C(S[C@@H](C)C(=O)Nc3cccc(OC)c3)N2C1=O. The quantitative estimate of drug-likeness (QED) is 0.704. The minimum Gasteiger partial charge on any atom is -0.497 e. The molecular formula is C24H26N4O3S. The Kier molecular flexibility index (Phi) is 6.32. The number of nitrogens with zero attached hydrogens (tertiary/aromatic N) is 3. The molecule has 2 aliphatic heterocycles. The zero-order valence-electron chi connectivity index (χ0n) is 18.5. The van der Waals surface area contributed by atoms with Gasteiger partial charge in [-0.15, -0.1) is 0 Å². The van der Waals surface area contributed by atoms with Crippen LogP contribution in [0.3, 0.4) is 0 Å². The second kappa shape index (κ2) is 9.16. The van der Waals surface area contributed by atoms with Crippen LogP contribution in [-0.2, 0) is 9.59 Å². The highest BCUT2D eigenvalue weighted by Gasteiger charge is 2.43. The fourth-order valence-electron chi connectivity index (χ4n) is 3.60. The maximum absolute atomic E-state index is 13.3. The summed E-state index contributed by atoms with van der Waals surface area (Å²) in [4.78, 5) is 37.2. The third-order valence-electron chi connectivity index (χ3n) is 5.67. The fourth-order valence-corrected chi connectivity index (χ4v) is 4.51. The van der Waals surface area contributed by atoms with Crippen LogP contribution in [0.25, 0.3) is 0 Å². The molecule has 0 aliphatic carbocycles. The summed E-state index contributed by atoms with van der Waals surface area (Å²) in [5.74, 6) is 1.13. The van der Waals surface area contributed by atoms with Crippen LogP contribution in [-0.4, -0.2) is 46.1 Å². The van der Waals surface area contributed by atoms with Crippen molar-refractivity contribution in [3.63, 3.8) is 0 Å². The van der Waals surface area contributed by atoms with Gasteiger partial charge in [-0.05, 0) is 37.1 Å². The van der Waals surface area contributed by atoms with Gasteiger partial charge in [0.25, 0.3) is 5.91 Å². The number of amides is 2. The Morgan fingerprint density at radius 2 is 2.00 bits per heavy atom. The van der Waals surface area contributed by atoms with Crippen molar-refractivity contribution in [1.82, 2.24) is 4.90 Å². The third-order valence-corrected chi connectivity index (χ3v) is 6.72. The van der Waals surface area contributed by atoms with Crippen LogP contribution in [0.4, 0.5) is 11.4 Å². The largest absolute Gasteiger partial charge is 0.497 e. The molecule has 2 aromatic rings. The number of rotatable bonds is 6. The number of hydrogen-bond donors (Lipinski definition) is 1. The number of ether oxygens (including phenoxy) is 1. The number of para-hydroxylation sites is 1. The number of aliphatic imine (C=N–C) groups is 2. The highest BCUT2D eigenvalue weighted by Crippen LogP contribution is 2.36. The summed E-state index contributed by atoms with van der Waals surface area (Å²) >= 11 is 1.25. The zero-order chi connectivity index (χ0) is 22.8. The lowest BCUT2D eigenvalue weighted by Crippen LogP contribution is -2.43. The van der Waals surface area contributed by atoms with Gasteiger partial charge in [0.05, 0.1) is 18.0 Å². The molecule has 0 spiro atoms. The molecule has 2 heterocycles. The maximum atomic E-state index is 13.3. The summed E-state index contributed by atoms with van der Waals surface area (Å²) in [6.45, 7) is 5.88. The molecule has 166 valence electrons. The summed E-state index contributed by atoms with van der Waals surface area (Å²) in [6.07, 6.45) is 0.849. The van der Waals surface area contributed by atoms with Crippen molar-refractivity contribution in [2.45, 2.75) is 38.5 Å². The van der Waals surface area contributed by atoms with Crippen molar-refractivity contribution in [2.75, 3.05) is 12.4 Å². The smallest absolute Gasteiger partial charge is 0.259 e. The minimum absolute atomic E-state index is 0.0875. The van der Waals surface area contributed by atoms with E-state index in [0.29, 0.717) is 22.4 Å². The van der Waals surface area contributed by atoms with Crippen LogP contribution in [0.1, 0.15) is 32.8 Å². The van der Waals surface area contributed by atoms with E-state index in [1.54, 1.807) is 31.1 Å². The second-order valence-corrected chi connectivity index (χ2v) is 9.16. The van der Waals surface area contributed by atoms with Gasteiger partial charge in [-0.2, -0.15) is 0 Å². The number of fused-ring (bicyclic) bond motifs is 3. The van der Waals surface area contributed by atoms with Gasteiger partial charge in [-0.1, -0.05) is 50.2 Å². The van der Waals surface area contributed by atoms with E-state index in [-0.39, 0.29) is 17.7 Å². The number of carbonyl (C=O) groups excluding carboxylic acids is 2. The summed E-state index contributed by atoms with van der Waals surface area (Å²) in [5.41, 5.74) is 2.24. The Morgan fingerprint density at radius 3 is 2.75 bits per heavy atom. The van der Waals surface area contributed by atoms with E-state index in [0.717, 1.165) is 17.7 Å². The first-order valence-electron chi connectivity index (χ1n) is 10.6. The van der Waals surface area contributed by atoms with Crippen LogP contribution in [0.15, 0.2) is 58.5 Å². The molecule has 0 bridgehead atoms. The van der Waals surface area contributed by atoms with Gasteiger partial charge in [0.2, 0.25) is 5.91 Å². The van der Waals surface area contributed by atoms with E-state index >= 15 is 0 Å². The third kappa shape index (κ3) is 4.14. The topological polar surface area (TPSA) is 83.4 Å². The number of benzene rings is 2. The van der Waals surface area contributed by atoms with Gasteiger partial charge in [0.15, 0.2) is 5.17 Å². The average molecular weight is 451 g/mol. The van der Waals surface area contributed by atoms with Crippen LogP contribution in [0.5, 0.6) is 5.75 Å². The molecule has 3 atom stereocenters. The number of methoxy groups -OCH3 is 1. The van der Waals surface area contributed by atoms with E-state index < -0.39 is 11.3 Å². The maximum Gasteiger partial charge on any atom is 0.259 e. The highest BCUT2D eigenvalue weighted by molar-refractivity contribution is 8.15. The molecule has 0 radical (unpaired) electrons. The first-order chi connectivity index (χ1) is 15.4. The van der Waals surface area contributed by atoms with E-state index in [4.69, 9.17) is 14.7 Å². The minimum atomic E-state index is -0.484. The van der Waals surface area contributed by atoms with Crippen LogP contribution in [0.2, 0.25) is 0 Å². The molecule has 0 aromatic heterocycles. The Balaban J connectivity index is 1.59. The normalized spacial score (nSPS) is 18.8. The Morgan fingerprint density at radius 1 is 1.22 bits per heavy atom. The molecule has 0 unspecified atom stereocenters. The zero-order valence-corrected chi connectivity index (χ0v) is 19.3. The highest BCUT2D eigenvalue weighted by atomic mass is 32.2. The van der Waals surface area contributed by atoms with Crippen molar-refractivity contribution in [3.8, 4) is 5.75 Å². The Labute approximate surface area is 192 Å². The van der Waals surface area contributed by atoms with Crippen molar-refractivity contribution in [3.05, 3.63) is 54.1 Å². The number of nitrogens with one attached hydrogen (secondary N) is 1. The first kappa shape index (κ1) is 22.1. The molecule has 0 saturated heterocycles. The molecule has 0 fully saturated rings. The Hall–Kier alpha value is -3.13. The van der Waals surface area contributed by atoms with Crippen molar-refractivity contribution in [2.24, 2.45) is 15.9 Å². The van der Waals surface area contributed by atoms with Gasteiger partial charge in [0, 0.05) is 17.3 Å². The summed E-state index contributed by atoms with van der Waals surface area (Å²) in [7, 11) is 1.58. The number of anilines is 1. The average Bonchev–Trinajstić information content (AvgIpc) is 3.16. The predicted octanol–water partition coefficient (Wildman–Crippen LogP) is 4.46. The van der Waals surface area contributed by atoms with Crippen LogP contribution < -0.4 is 10.1 Å². The van der Waals surface area contributed by atoms with Gasteiger partial charge in [0.1, 0.15) is 17.6 Å². The molecule has 2 aliphatic rings. The van der Waals surface area contributed by atoms with Crippen molar-refractivity contribution in [1.29, 1.82) is 0 Å². The molecule has 8 heteroatoms. The van der Waals surface area contributed by atoms with E-state index in [1.807, 2.05) is 43.3 Å². The molecule has 4 rings (SSSR count). The molecule has 32 heavy (non-hydrogen) atoms. The van der Waals surface area contributed by atoms with Crippen molar-refractivity contribution >= 4 is 46.0 Å². The van der Waals surface area contributed by atoms with Crippen molar-refractivity contribution < 1.29 is 14.3 Å². The Bertz CT molecular complexity index is 1110. The van der Waals surface area contributed by atoms with E-state index in [1.165, 1.54) is 11.8 Å². The van der Waals surface area contributed by atoms with Crippen LogP contribution >= 0.6 is 11.8 Å². The molecule has 2 aromatic carbocycles. The number of thioether (sulfide) groups is 1. The second-order valence-electron chi connectivity index (χ2n) is 7.85. The summed E-state index contributed by atoms with van der Waals surface area (Å²) in [5, 5.41) is 2.90. The van der Waals surface area contributed by atoms with Gasteiger partial charge in [-0.3, -0.25) is 14.6 Å². The lowest BCUT2D eigenvalue weighted by molar-refractivity contribution is -0.125. The predicted molar refractivity (Wildman–Crippen MR) is 129 cm³/mol. The van der Waals surface area contributed by atoms with Crippen LogP contribution in [0, 0.1) is 5.92 Å². The van der Waals surface area contributed by atoms with E-state index in [9.17, 15) is 9.59 Å². The first-order valence-corrected chi connectivity index (χ1v) is 11.5. The summed E-state index contributed by atoms with van der Waals surface area (Å²) in [6, 6.07) is 14.4. The van der Waals surface area contributed by atoms with Gasteiger partial charge in [-0.25, -0.2) is 9.89 Å². The number of amidine groups is 2. The standard InChI is InChI=1S/C24H26N4O3S/c1-5-14(2)20-23(30)28-21(27-20)18-11-6-7-12-19(18)26-24(28)32-15(3)22(29)25-16-9-8-10-17(13-16)31-4/h6-15,20H,5H2,1-4H3,(H,25,29)/t14-,15-,20-/m0/s1. The molecule has 1 N–H and O–H groups in total. The summed E-state index contributed by atoms with van der Waals surface area (Å²) < 4.78 is 5.22. The number of hydrogen-bond acceptors (Lipinski definition) is 6. The molecule has 0 saturated carbocycles. The molecule has 7 nitrogen and oxygen atoms in total. The molecular weight excluding hydrogens is 424 g/mol.